The van der Waals surface area contributed by atoms with Crippen LogP contribution in [0.4, 0.5) is 5.69 Å². The van der Waals surface area contributed by atoms with Gasteiger partial charge >= 0.3 is 5.97 Å². The first kappa shape index (κ1) is 19.4. The molecule has 0 bridgehead atoms. The number of para-hydroxylation sites is 1. The van der Waals surface area contributed by atoms with Crippen LogP contribution in [0.5, 0.6) is 5.75 Å². The Labute approximate surface area is 163 Å². The molecule has 1 amide bonds. The monoisotopic (exact) mass is 378 g/mol. The third-order valence-electron chi connectivity index (χ3n) is 4.53. The van der Waals surface area contributed by atoms with E-state index in [1.54, 1.807) is 38.3 Å². The van der Waals surface area contributed by atoms with Crippen molar-refractivity contribution < 1.29 is 19.1 Å². The number of methoxy groups -OCH3 is 1. The van der Waals surface area contributed by atoms with Crippen LogP contribution in [-0.4, -0.2) is 30.1 Å². The number of hydrogen-bond donors (Lipinski definition) is 1. The second-order valence-corrected chi connectivity index (χ2v) is 6.48. The summed E-state index contributed by atoms with van der Waals surface area (Å²) in [5, 5.41) is 3.60. The lowest BCUT2D eigenvalue weighted by atomic mass is 10.0. The molecule has 0 spiro atoms. The van der Waals surface area contributed by atoms with Gasteiger partial charge in [-0.2, -0.15) is 0 Å². The number of carbonyl (C=O) groups excluding carboxylic acids is 2. The van der Waals surface area contributed by atoms with Gasteiger partial charge in [-0.3, -0.25) is 9.78 Å². The lowest BCUT2D eigenvalue weighted by molar-refractivity contribution is -0.123. The number of benzene rings is 2. The van der Waals surface area contributed by atoms with Crippen molar-refractivity contribution in [3.05, 3.63) is 65.4 Å². The molecule has 6 nitrogen and oxygen atoms in total. The summed E-state index contributed by atoms with van der Waals surface area (Å²) in [5.74, 6) is -0.372. The van der Waals surface area contributed by atoms with Crippen LogP contribution >= 0.6 is 0 Å². The minimum Gasteiger partial charge on any atom is -0.497 e. The maximum absolute atomic E-state index is 12.7. The van der Waals surface area contributed by atoms with Crippen LogP contribution in [0.2, 0.25) is 0 Å². The van der Waals surface area contributed by atoms with Crippen LogP contribution in [0.15, 0.2) is 48.5 Å². The topological polar surface area (TPSA) is 77.5 Å². The average molecular weight is 378 g/mol. The van der Waals surface area contributed by atoms with E-state index >= 15 is 0 Å². The fourth-order valence-electron chi connectivity index (χ4n) is 3.05. The summed E-state index contributed by atoms with van der Waals surface area (Å²) in [4.78, 5) is 29.6. The van der Waals surface area contributed by atoms with Gasteiger partial charge in [0.15, 0.2) is 6.10 Å². The molecule has 0 aliphatic rings. The molecular formula is C22H22N2O4. The first-order valence-electron chi connectivity index (χ1n) is 8.92. The van der Waals surface area contributed by atoms with Gasteiger partial charge in [0.05, 0.1) is 23.9 Å². The van der Waals surface area contributed by atoms with Crippen molar-refractivity contribution in [1.82, 2.24) is 4.98 Å². The summed E-state index contributed by atoms with van der Waals surface area (Å²) in [6, 6.07) is 14.6. The van der Waals surface area contributed by atoms with Crippen LogP contribution in [-0.2, 0) is 9.53 Å². The number of nitrogens with zero attached hydrogens (tertiary/aromatic N) is 1. The molecule has 0 saturated carbocycles. The highest BCUT2D eigenvalue weighted by Gasteiger charge is 2.23. The number of esters is 1. The number of aromatic nitrogens is 1. The number of hydrogen-bond acceptors (Lipinski definition) is 5. The largest absolute Gasteiger partial charge is 0.497 e. The Morgan fingerprint density at radius 3 is 2.57 bits per heavy atom. The summed E-state index contributed by atoms with van der Waals surface area (Å²) < 4.78 is 10.6. The maximum atomic E-state index is 12.7. The molecule has 0 radical (unpaired) electrons. The number of carbonyl (C=O) groups is 2. The third kappa shape index (κ3) is 3.96. The minimum atomic E-state index is -0.969. The molecule has 0 aliphatic heterocycles. The first-order chi connectivity index (χ1) is 13.4. The van der Waals surface area contributed by atoms with Gasteiger partial charge in [0.2, 0.25) is 0 Å². The summed E-state index contributed by atoms with van der Waals surface area (Å²) in [7, 11) is 1.55. The standard InChI is InChI=1S/C22H22N2O4/c1-13-18-10-5-6-11-19(18)23-14(2)20(13)22(26)28-15(3)21(25)24-16-8-7-9-17(12-16)27-4/h5-12,15H,1-4H3,(H,24,25)/t15-/m0/s1. The second kappa shape index (κ2) is 8.08. The number of rotatable bonds is 5. The third-order valence-corrected chi connectivity index (χ3v) is 4.53. The van der Waals surface area contributed by atoms with Gasteiger partial charge in [0.1, 0.15) is 5.75 Å². The zero-order chi connectivity index (χ0) is 20.3. The Balaban J connectivity index is 1.77. The van der Waals surface area contributed by atoms with Crippen LogP contribution in [0.1, 0.15) is 28.5 Å². The highest BCUT2D eigenvalue weighted by atomic mass is 16.5. The molecule has 28 heavy (non-hydrogen) atoms. The minimum absolute atomic E-state index is 0.389. The maximum Gasteiger partial charge on any atom is 0.341 e. The quantitative estimate of drug-likeness (QED) is 0.678. The van der Waals surface area contributed by atoms with Crippen molar-refractivity contribution in [1.29, 1.82) is 0 Å². The van der Waals surface area contributed by atoms with Gasteiger partial charge in [0.25, 0.3) is 5.91 Å². The summed E-state index contributed by atoms with van der Waals surface area (Å²) in [6.07, 6.45) is -0.969. The van der Waals surface area contributed by atoms with Crippen molar-refractivity contribution >= 4 is 28.5 Å². The zero-order valence-corrected chi connectivity index (χ0v) is 16.3. The fraction of sp³-hybridized carbons (Fsp3) is 0.227. The molecule has 6 heteroatoms. The Morgan fingerprint density at radius 1 is 1.07 bits per heavy atom. The number of anilines is 1. The molecule has 2 aromatic carbocycles. The van der Waals surface area contributed by atoms with E-state index in [1.165, 1.54) is 6.92 Å². The number of pyridine rings is 1. The molecule has 1 heterocycles. The molecule has 1 N–H and O–H groups in total. The van der Waals surface area contributed by atoms with Gasteiger partial charge < -0.3 is 14.8 Å². The number of nitrogens with one attached hydrogen (secondary N) is 1. The number of fused-ring (bicyclic) bond motifs is 1. The molecule has 3 rings (SSSR count). The van der Waals surface area contributed by atoms with Crippen molar-refractivity contribution in [2.75, 3.05) is 12.4 Å². The summed E-state index contributed by atoms with van der Waals surface area (Å²) in [5.41, 5.74) is 3.12. The van der Waals surface area contributed by atoms with Crippen molar-refractivity contribution in [2.24, 2.45) is 0 Å². The van der Waals surface area contributed by atoms with E-state index in [1.807, 2.05) is 31.2 Å². The lowest BCUT2D eigenvalue weighted by Gasteiger charge is -2.16. The van der Waals surface area contributed by atoms with Crippen molar-refractivity contribution in [3.63, 3.8) is 0 Å². The smallest absolute Gasteiger partial charge is 0.341 e. The highest BCUT2D eigenvalue weighted by molar-refractivity contribution is 6.01. The van der Waals surface area contributed by atoms with E-state index in [2.05, 4.69) is 10.3 Å². The van der Waals surface area contributed by atoms with Crippen LogP contribution in [0.25, 0.3) is 10.9 Å². The van der Waals surface area contributed by atoms with E-state index in [-0.39, 0.29) is 0 Å². The van der Waals surface area contributed by atoms with Gasteiger partial charge in [-0.05, 0) is 44.5 Å². The van der Waals surface area contributed by atoms with Gasteiger partial charge in [-0.25, -0.2) is 4.79 Å². The molecule has 3 aromatic rings. The molecule has 144 valence electrons. The molecule has 0 unspecified atom stereocenters. The first-order valence-corrected chi connectivity index (χ1v) is 8.92. The molecular weight excluding hydrogens is 356 g/mol. The molecule has 0 aliphatic carbocycles. The van der Waals surface area contributed by atoms with E-state index in [0.29, 0.717) is 22.7 Å². The fourth-order valence-corrected chi connectivity index (χ4v) is 3.05. The second-order valence-electron chi connectivity index (χ2n) is 6.48. The highest BCUT2D eigenvalue weighted by Crippen LogP contribution is 2.24. The lowest BCUT2D eigenvalue weighted by Crippen LogP contribution is -2.30. The van der Waals surface area contributed by atoms with Crippen LogP contribution in [0, 0.1) is 13.8 Å². The molecule has 0 saturated heterocycles. The molecule has 1 atom stereocenters. The van der Waals surface area contributed by atoms with Crippen LogP contribution < -0.4 is 10.1 Å². The predicted octanol–water partition coefficient (Wildman–Crippen LogP) is 4.04. The Bertz CT molecular complexity index is 1050. The number of amides is 1. The van der Waals surface area contributed by atoms with Gasteiger partial charge in [-0.1, -0.05) is 24.3 Å². The van der Waals surface area contributed by atoms with Crippen molar-refractivity contribution in [2.45, 2.75) is 26.9 Å². The van der Waals surface area contributed by atoms with E-state index in [9.17, 15) is 9.59 Å². The zero-order valence-electron chi connectivity index (χ0n) is 16.3. The van der Waals surface area contributed by atoms with Crippen molar-refractivity contribution in [3.8, 4) is 5.75 Å². The molecule has 1 aromatic heterocycles. The van der Waals surface area contributed by atoms with E-state index < -0.39 is 18.0 Å². The SMILES string of the molecule is COc1cccc(NC(=O)[C@H](C)OC(=O)c2c(C)nc3ccccc3c2C)c1. The summed E-state index contributed by atoms with van der Waals surface area (Å²) >= 11 is 0. The summed E-state index contributed by atoms with van der Waals surface area (Å²) in [6.45, 7) is 5.15. The van der Waals surface area contributed by atoms with Gasteiger partial charge in [-0.15, -0.1) is 0 Å². The van der Waals surface area contributed by atoms with E-state index in [4.69, 9.17) is 9.47 Å². The predicted molar refractivity (Wildman–Crippen MR) is 108 cm³/mol. The van der Waals surface area contributed by atoms with Gasteiger partial charge in [0, 0.05) is 17.1 Å². The van der Waals surface area contributed by atoms with Crippen LogP contribution in [0.3, 0.4) is 0 Å². The normalized spacial score (nSPS) is 11.7. The molecule has 0 fully saturated rings. The Morgan fingerprint density at radius 2 is 1.82 bits per heavy atom. The van der Waals surface area contributed by atoms with E-state index in [0.717, 1.165) is 16.5 Å². The number of aryl methyl sites for hydroxylation is 2. The number of ether oxygens (including phenoxy) is 2. The Hall–Kier alpha value is -3.41. The average Bonchev–Trinajstić information content (AvgIpc) is 2.68. The Kier molecular flexibility index (Phi) is 5.59.